The van der Waals surface area contributed by atoms with Gasteiger partial charge in [-0.3, -0.25) is 9.69 Å². The fourth-order valence-electron chi connectivity index (χ4n) is 3.38. The topological polar surface area (TPSA) is 83.3 Å². The normalized spacial score (nSPS) is 25.4. The smallest absolute Gasteiger partial charge is 0.254 e. The second-order valence-electron chi connectivity index (χ2n) is 5.63. The Morgan fingerprint density at radius 3 is 3.05 bits per heavy atom. The molecule has 0 aliphatic carbocycles. The molecule has 0 spiro atoms. The molecule has 3 heterocycles. The van der Waals surface area contributed by atoms with E-state index >= 15 is 0 Å². The van der Waals surface area contributed by atoms with Crippen LogP contribution in [0.5, 0.6) is 0 Å². The third-order valence-electron chi connectivity index (χ3n) is 4.44. The highest BCUT2D eigenvalue weighted by Crippen LogP contribution is 2.27. The van der Waals surface area contributed by atoms with Crippen LogP contribution in [0.4, 0.5) is 10.2 Å². The number of aromatic nitrogens is 1. The van der Waals surface area contributed by atoms with E-state index < -0.39 is 11.7 Å². The van der Waals surface area contributed by atoms with Gasteiger partial charge >= 0.3 is 0 Å². The zero-order valence-corrected chi connectivity index (χ0v) is 11.8. The van der Waals surface area contributed by atoms with Crippen LogP contribution in [0.2, 0.25) is 0 Å². The number of pyridine rings is 1. The molecule has 21 heavy (non-hydrogen) atoms. The first-order valence-corrected chi connectivity index (χ1v) is 7.36. The number of carbonyl (C=O) groups excluding carboxylic acids is 1. The van der Waals surface area contributed by atoms with Gasteiger partial charge in [0.15, 0.2) is 11.6 Å². The van der Waals surface area contributed by atoms with Crippen molar-refractivity contribution in [1.29, 1.82) is 0 Å². The molecule has 2 aliphatic heterocycles. The number of piperidine rings is 1. The summed E-state index contributed by atoms with van der Waals surface area (Å²) >= 11 is 0. The van der Waals surface area contributed by atoms with Crippen LogP contribution in [0.1, 0.15) is 36.0 Å². The van der Waals surface area contributed by atoms with Crippen LogP contribution < -0.4 is 16.6 Å². The van der Waals surface area contributed by atoms with Gasteiger partial charge in [0.2, 0.25) is 0 Å². The fourth-order valence-corrected chi connectivity index (χ4v) is 3.38. The van der Waals surface area contributed by atoms with Gasteiger partial charge in [0.1, 0.15) is 0 Å². The van der Waals surface area contributed by atoms with E-state index in [0.717, 1.165) is 25.9 Å². The van der Waals surface area contributed by atoms with Gasteiger partial charge in [-0.25, -0.2) is 15.2 Å². The summed E-state index contributed by atoms with van der Waals surface area (Å²) in [7, 11) is 0. The largest absolute Gasteiger partial charge is 0.348 e. The van der Waals surface area contributed by atoms with Crippen LogP contribution >= 0.6 is 0 Å². The van der Waals surface area contributed by atoms with Gasteiger partial charge < -0.3 is 10.7 Å². The summed E-state index contributed by atoms with van der Waals surface area (Å²) in [5.74, 6) is 3.95. The summed E-state index contributed by atoms with van der Waals surface area (Å²) in [5, 5.41) is 2.97. The van der Waals surface area contributed by atoms with Crippen molar-refractivity contribution in [3.05, 3.63) is 23.6 Å². The Morgan fingerprint density at radius 2 is 2.24 bits per heavy atom. The molecule has 0 bridgehead atoms. The Kier molecular flexibility index (Phi) is 4.03. The van der Waals surface area contributed by atoms with Gasteiger partial charge in [-0.15, -0.1) is 0 Å². The minimum atomic E-state index is -0.712. The van der Waals surface area contributed by atoms with E-state index in [4.69, 9.17) is 5.84 Å². The van der Waals surface area contributed by atoms with Crippen molar-refractivity contribution >= 4 is 11.7 Å². The molecule has 0 aromatic carbocycles. The maximum absolute atomic E-state index is 14.1. The second kappa shape index (κ2) is 5.95. The van der Waals surface area contributed by atoms with Gasteiger partial charge in [0.25, 0.3) is 5.91 Å². The highest BCUT2D eigenvalue weighted by Gasteiger charge is 2.36. The minimum absolute atomic E-state index is 0.0211. The average molecular weight is 293 g/mol. The number of rotatable bonds is 3. The van der Waals surface area contributed by atoms with Crippen LogP contribution in [0.3, 0.4) is 0 Å². The van der Waals surface area contributed by atoms with Crippen LogP contribution in [0.25, 0.3) is 0 Å². The van der Waals surface area contributed by atoms with Crippen molar-refractivity contribution in [3.8, 4) is 0 Å². The Bertz CT molecular complexity index is 538. The quantitative estimate of drug-likeness (QED) is 0.569. The SMILES string of the molecule is NNc1nccc(C(=O)NC2CCN3CCCCC23)c1F. The van der Waals surface area contributed by atoms with E-state index in [-0.39, 0.29) is 17.4 Å². The molecular weight excluding hydrogens is 273 g/mol. The van der Waals surface area contributed by atoms with E-state index in [1.807, 2.05) is 0 Å². The summed E-state index contributed by atoms with van der Waals surface area (Å²) in [6.45, 7) is 2.10. The van der Waals surface area contributed by atoms with Gasteiger partial charge in [-0.1, -0.05) is 6.42 Å². The summed E-state index contributed by atoms with van der Waals surface area (Å²) in [6, 6.07) is 1.86. The number of carbonyl (C=O) groups is 1. The maximum Gasteiger partial charge on any atom is 0.254 e. The van der Waals surface area contributed by atoms with Gasteiger partial charge in [-0.2, -0.15) is 0 Å². The molecule has 0 saturated carbocycles. The van der Waals surface area contributed by atoms with E-state index in [9.17, 15) is 9.18 Å². The number of halogens is 1. The Balaban J connectivity index is 1.72. The minimum Gasteiger partial charge on any atom is -0.348 e. The van der Waals surface area contributed by atoms with Crippen LogP contribution in [-0.2, 0) is 0 Å². The molecule has 2 aliphatic rings. The number of nitrogen functional groups attached to an aromatic ring is 1. The molecule has 1 aromatic rings. The lowest BCUT2D eigenvalue weighted by atomic mass is 9.99. The van der Waals surface area contributed by atoms with Gasteiger partial charge in [0.05, 0.1) is 5.56 Å². The van der Waals surface area contributed by atoms with Crippen LogP contribution in [-0.4, -0.2) is 41.0 Å². The predicted molar refractivity (Wildman–Crippen MR) is 77.1 cm³/mol. The van der Waals surface area contributed by atoms with Crippen molar-refractivity contribution in [2.45, 2.75) is 37.8 Å². The number of nitrogens with two attached hydrogens (primary N) is 1. The van der Waals surface area contributed by atoms with Crippen LogP contribution in [0.15, 0.2) is 12.3 Å². The summed E-state index contributed by atoms with van der Waals surface area (Å²) in [4.78, 5) is 18.5. The summed E-state index contributed by atoms with van der Waals surface area (Å²) in [5.41, 5.74) is 2.13. The number of nitrogens with one attached hydrogen (secondary N) is 2. The Hall–Kier alpha value is -1.73. The number of fused-ring (bicyclic) bond motifs is 1. The van der Waals surface area contributed by atoms with Crippen molar-refractivity contribution < 1.29 is 9.18 Å². The number of hydrogen-bond acceptors (Lipinski definition) is 5. The van der Waals surface area contributed by atoms with Gasteiger partial charge in [-0.05, 0) is 31.9 Å². The lowest BCUT2D eigenvalue weighted by Gasteiger charge is -2.32. The molecule has 3 rings (SSSR count). The zero-order chi connectivity index (χ0) is 14.8. The van der Waals surface area contributed by atoms with E-state index in [1.54, 1.807) is 0 Å². The Labute approximate surface area is 122 Å². The van der Waals surface area contributed by atoms with E-state index in [2.05, 4.69) is 20.6 Å². The highest BCUT2D eigenvalue weighted by atomic mass is 19.1. The fraction of sp³-hybridized carbons (Fsp3) is 0.571. The van der Waals surface area contributed by atoms with Crippen molar-refractivity contribution in [3.63, 3.8) is 0 Å². The first-order chi connectivity index (χ1) is 10.2. The predicted octanol–water partition coefficient (Wildman–Crippen LogP) is 0.863. The number of anilines is 1. The molecule has 2 saturated heterocycles. The molecule has 6 nitrogen and oxygen atoms in total. The molecule has 114 valence electrons. The molecule has 4 N–H and O–H groups in total. The third kappa shape index (κ3) is 2.71. The van der Waals surface area contributed by atoms with Crippen molar-refractivity contribution in [1.82, 2.24) is 15.2 Å². The third-order valence-corrected chi connectivity index (χ3v) is 4.44. The molecule has 1 amide bonds. The number of nitrogens with zero attached hydrogens (tertiary/aromatic N) is 2. The Morgan fingerprint density at radius 1 is 1.38 bits per heavy atom. The molecule has 1 aromatic heterocycles. The standard InChI is InChI=1S/C14H20FN5O/c15-12-9(4-6-17-13(12)19-16)14(21)18-10-5-8-20-7-2-1-3-11(10)20/h4,6,10-11H,1-3,5,7-8,16H2,(H,17,19)(H,18,21). The zero-order valence-electron chi connectivity index (χ0n) is 11.8. The van der Waals surface area contributed by atoms with Crippen LogP contribution in [0, 0.1) is 5.82 Å². The molecule has 2 atom stereocenters. The average Bonchev–Trinajstić information content (AvgIpc) is 2.91. The van der Waals surface area contributed by atoms with E-state index in [1.165, 1.54) is 25.1 Å². The first kappa shape index (κ1) is 14.2. The summed E-state index contributed by atoms with van der Waals surface area (Å²) in [6.07, 6.45) is 5.80. The summed E-state index contributed by atoms with van der Waals surface area (Å²) < 4.78 is 14.1. The molecular formula is C14H20FN5O. The first-order valence-electron chi connectivity index (χ1n) is 7.36. The highest BCUT2D eigenvalue weighted by molar-refractivity contribution is 5.95. The number of hydrazine groups is 1. The molecule has 2 fully saturated rings. The van der Waals surface area contributed by atoms with Crippen molar-refractivity contribution in [2.24, 2.45) is 5.84 Å². The monoisotopic (exact) mass is 293 g/mol. The lowest BCUT2D eigenvalue weighted by Crippen LogP contribution is -2.47. The number of amides is 1. The van der Waals surface area contributed by atoms with Gasteiger partial charge in [0, 0.05) is 24.8 Å². The maximum atomic E-state index is 14.1. The number of hydrogen-bond donors (Lipinski definition) is 3. The second-order valence-corrected chi connectivity index (χ2v) is 5.63. The van der Waals surface area contributed by atoms with E-state index in [0.29, 0.717) is 6.04 Å². The molecule has 0 radical (unpaired) electrons. The lowest BCUT2D eigenvalue weighted by molar-refractivity contribution is 0.0911. The van der Waals surface area contributed by atoms with Crippen molar-refractivity contribution in [2.75, 3.05) is 18.5 Å². The molecule has 2 unspecified atom stereocenters. The molecule has 7 heteroatoms.